The number of aliphatic hydroxyl groups excluding tert-OH is 1. The highest BCUT2D eigenvalue weighted by atomic mass is 16.3. The van der Waals surface area contributed by atoms with Gasteiger partial charge in [0, 0.05) is 18.7 Å². The number of nitrogens with one attached hydrogen (secondary N) is 2. The van der Waals surface area contributed by atoms with Gasteiger partial charge < -0.3 is 15.7 Å². The third-order valence-corrected chi connectivity index (χ3v) is 3.91. The normalized spacial score (nSPS) is 21.9. The minimum atomic E-state index is -0.111. The maximum atomic E-state index is 9.58. The van der Waals surface area contributed by atoms with Gasteiger partial charge in [-0.05, 0) is 38.0 Å². The van der Waals surface area contributed by atoms with Gasteiger partial charge in [-0.3, -0.25) is 0 Å². The van der Waals surface area contributed by atoms with Crippen molar-refractivity contribution in [1.82, 2.24) is 9.97 Å². The van der Waals surface area contributed by atoms with Crippen molar-refractivity contribution in [2.45, 2.75) is 52.1 Å². The van der Waals surface area contributed by atoms with E-state index in [9.17, 15) is 5.11 Å². The number of aliphatic hydroxyl groups is 1. The topological polar surface area (TPSA) is 70.1 Å². The molecule has 2 rings (SSSR count). The molecule has 0 saturated heterocycles. The molecule has 1 fully saturated rings. The molecule has 2 atom stereocenters. The predicted molar refractivity (Wildman–Crippen MR) is 82.0 cm³/mol. The van der Waals surface area contributed by atoms with Crippen LogP contribution in [0.2, 0.25) is 0 Å². The smallest absolute Gasteiger partial charge is 0.134 e. The molecule has 1 heterocycles. The lowest BCUT2D eigenvalue weighted by Gasteiger charge is -2.16. The lowest BCUT2D eigenvalue weighted by Crippen LogP contribution is -2.16. The zero-order valence-electron chi connectivity index (χ0n) is 12.5. The maximum absolute atomic E-state index is 9.58. The molecule has 5 nitrogen and oxygen atoms in total. The number of rotatable bonds is 7. The summed E-state index contributed by atoms with van der Waals surface area (Å²) in [5.74, 6) is 2.43. The summed E-state index contributed by atoms with van der Waals surface area (Å²) >= 11 is 0. The Morgan fingerprint density at radius 3 is 2.55 bits per heavy atom. The highest BCUT2D eigenvalue weighted by Crippen LogP contribution is 2.27. The maximum Gasteiger partial charge on any atom is 0.134 e. The van der Waals surface area contributed by atoms with E-state index in [-0.39, 0.29) is 6.10 Å². The fourth-order valence-corrected chi connectivity index (χ4v) is 2.77. The lowest BCUT2D eigenvalue weighted by atomic mass is 10.1. The van der Waals surface area contributed by atoms with E-state index >= 15 is 0 Å². The molecule has 1 aliphatic rings. The second-order valence-electron chi connectivity index (χ2n) is 5.54. The van der Waals surface area contributed by atoms with Crippen LogP contribution in [-0.4, -0.2) is 34.3 Å². The summed E-state index contributed by atoms with van der Waals surface area (Å²) in [6.07, 6.45) is 6.42. The van der Waals surface area contributed by atoms with Crippen LogP contribution in [0.25, 0.3) is 0 Å². The number of nitrogens with zero attached hydrogens (tertiary/aromatic N) is 2. The van der Waals surface area contributed by atoms with Crippen LogP contribution in [0.15, 0.2) is 6.33 Å². The molecule has 1 aromatic heterocycles. The number of anilines is 2. The van der Waals surface area contributed by atoms with E-state index in [0.717, 1.165) is 62.4 Å². The zero-order valence-corrected chi connectivity index (χ0v) is 12.5. The van der Waals surface area contributed by atoms with Crippen molar-refractivity contribution >= 4 is 11.6 Å². The highest BCUT2D eigenvalue weighted by Gasteiger charge is 2.22. The SMILES string of the molecule is CCCNc1ncnc(NCC2CCC(O)C2)c1CC. The molecule has 5 heteroatoms. The van der Waals surface area contributed by atoms with Crippen molar-refractivity contribution in [1.29, 1.82) is 0 Å². The van der Waals surface area contributed by atoms with Gasteiger partial charge in [0.15, 0.2) is 0 Å². The molecule has 0 bridgehead atoms. The summed E-state index contributed by atoms with van der Waals surface area (Å²) in [5, 5.41) is 16.4. The Bertz CT molecular complexity index is 424. The second kappa shape index (κ2) is 7.43. The van der Waals surface area contributed by atoms with Gasteiger partial charge in [-0.2, -0.15) is 0 Å². The Labute approximate surface area is 121 Å². The van der Waals surface area contributed by atoms with Crippen molar-refractivity contribution in [3.63, 3.8) is 0 Å². The largest absolute Gasteiger partial charge is 0.393 e. The van der Waals surface area contributed by atoms with Crippen molar-refractivity contribution in [3.05, 3.63) is 11.9 Å². The molecular weight excluding hydrogens is 252 g/mol. The molecule has 2 unspecified atom stereocenters. The van der Waals surface area contributed by atoms with E-state index in [1.165, 1.54) is 0 Å². The Balaban J connectivity index is 1.99. The van der Waals surface area contributed by atoms with Gasteiger partial charge in [0.25, 0.3) is 0 Å². The minimum absolute atomic E-state index is 0.111. The molecule has 112 valence electrons. The summed E-state index contributed by atoms with van der Waals surface area (Å²) in [4.78, 5) is 8.71. The summed E-state index contributed by atoms with van der Waals surface area (Å²) in [7, 11) is 0. The quantitative estimate of drug-likeness (QED) is 0.714. The van der Waals surface area contributed by atoms with Crippen LogP contribution in [-0.2, 0) is 6.42 Å². The molecule has 3 N–H and O–H groups in total. The second-order valence-corrected chi connectivity index (χ2v) is 5.54. The summed E-state index contributed by atoms with van der Waals surface area (Å²) in [6, 6.07) is 0. The summed E-state index contributed by atoms with van der Waals surface area (Å²) in [5.41, 5.74) is 1.15. The van der Waals surface area contributed by atoms with Gasteiger partial charge in [0.1, 0.15) is 18.0 Å². The van der Waals surface area contributed by atoms with Crippen LogP contribution < -0.4 is 10.6 Å². The van der Waals surface area contributed by atoms with Gasteiger partial charge in [0.05, 0.1) is 6.10 Å². The number of hydrogen-bond donors (Lipinski definition) is 3. The van der Waals surface area contributed by atoms with Crippen LogP contribution in [0.3, 0.4) is 0 Å². The standard InChI is InChI=1S/C15H26N4O/c1-3-7-16-14-13(4-2)15(19-10-18-14)17-9-11-5-6-12(20)8-11/h10-12,20H,3-9H2,1-2H3,(H2,16,17,18,19). The Hall–Kier alpha value is -1.36. The first-order chi connectivity index (χ1) is 9.74. The molecular formula is C15H26N4O. The average molecular weight is 278 g/mol. The molecule has 20 heavy (non-hydrogen) atoms. The van der Waals surface area contributed by atoms with Crippen LogP contribution in [0.4, 0.5) is 11.6 Å². The third kappa shape index (κ3) is 3.82. The molecule has 0 aromatic carbocycles. The molecule has 1 aliphatic carbocycles. The van der Waals surface area contributed by atoms with Crippen molar-refractivity contribution in [2.75, 3.05) is 23.7 Å². The van der Waals surface area contributed by atoms with Crippen LogP contribution >= 0.6 is 0 Å². The molecule has 0 amide bonds. The van der Waals surface area contributed by atoms with Gasteiger partial charge in [-0.1, -0.05) is 13.8 Å². The fraction of sp³-hybridized carbons (Fsp3) is 0.733. The minimum Gasteiger partial charge on any atom is -0.393 e. The molecule has 1 aromatic rings. The molecule has 1 saturated carbocycles. The number of hydrogen-bond acceptors (Lipinski definition) is 5. The van der Waals surface area contributed by atoms with Crippen LogP contribution in [0, 0.1) is 5.92 Å². The van der Waals surface area contributed by atoms with E-state index < -0.39 is 0 Å². The van der Waals surface area contributed by atoms with E-state index in [1.807, 2.05) is 0 Å². The molecule has 0 aliphatic heterocycles. The van der Waals surface area contributed by atoms with E-state index in [0.29, 0.717) is 5.92 Å². The molecule has 0 radical (unpaired) electrons. The first-order valence-corrected chi connectivity index (χ1v) is 7.74. The fourth-order valence-electron chi connectivity index (χ4n) is 2.77. The van der Waals surface area contributed by atoms with Gasteiger partial charge in [0.2, 0.25) is 0 Å². The third-order valence-electron chi connectivity index (χ3n) is 3.91. The summed E-state index contributed by atoms with van der Waals surface area (Å²) in [6.45, 7) is 6.08. The monoisotopic (exact) mass is 278 g/mol. The van der Waals surface area contributed by atoms with Crippen molar-refractivity contribution < 1.29 is 5.11 Å². The van der Waals surface area contributed by atoms with Crippen molar-refractivity contribution in [2.24, 2.45) is 5.92 Å². The van der Waals surface area contributed by atoms with Crippen molar-refractivity contribution in [3.8, 4) is 0 Å². The van der Waals surface area contributed by atoms with Crippen LogP contribution in [0.5, 0.6) is 0 Å². The van der Waals surface area contributed by atoms with E-state index in [2.05, 4.69) is 34.4 Å². The first kappa shape index (κ1) is 15.0. The lowest BCUT2D eigenvalue weighted by molar-refractivity contribution is 0.178. The zero-order chi connectivity index (χ0) is 14.4. The van der Waals surface area contributed by atoms with Crippen LogP contribution in [0.1, 0.15) is 45.1 Å². The Kier molecular flexibility index (Phi) is 5.59. The van der Waals surface area contributed by atoms with Gasteiger partial charge >= 0.3 is 0 Å². The Morgan fingerprint density at radius 2 is 1.95 bits per heavy atom. The van der Waals surface area contributed by atoms with E-state index in [4.69, 9.17) is 0 Å². The predicted octanol–water partition coefficient (Wildman–Crippen LogP) is 2.43. The number of aromatic nitrogens is 2. The first-order valence-electron chi connectivity index (χ1n) is 7.74. The summed E-state index contributed by atoms with van der Waals surface area (Å²) < 4.78 is 0. The highest BCUT2D eigenvalue weighted by molar-refractivity contribution is 5.57. The average Bonchev–Trinajstić information content (AvgIpc) is 2.88. The van der Waals surface area contributed by atoms with Gasteiger partial charge in [-0.25, -0.2) is 9.97 Å². The van der Waals surface area contributed by atoms with E-state index in [1.54, 1.807) is 6.33 Å². The van der Waals surface area contributed by atoms with Gasteiger partial charge in [-0.15, -0.1) is 0 Å². The molecule has 0 spiro atoms. The Morgan fingerprint density at radius 1 is 1.20 bits per heavy atom.